The molecule has 0 N–H and O–H groups in total. The molecule has 4 aromatic carbocycles. The Bertz CT molecular complexity index is 2010. The summed E-state index contributed by atoms with van der Waals surface area (Å²) in [4.78, 5) is 54.5. The Morgan fingerprint density at radius 1 is 0.581 bits per heavy atom. The highest BCUT2D eigenvalue weighted by molar-refractivity contribution is 6.30. The van der Waals surface area contributed by atoms with Crippen LogP contribution in [0.4, 0.5) is 9.59 Å². The molecule has 6 atom stereocenters. The van der Waals surface area contributed by atoms with Gasteiger partial charge in [-0.2, -0.15) is 0 Å². The first-order valence-electron chi connectivity index (χ1n) is 21.5. The van der Waals surface area contributed by atoms with Gasteiger partial charge < -0.3 is 18.9 Å². The lowest BCUT2D eigenvalue weighted by Crippen LogP contribution is -2.39. The highest BCUT2D eigenvalue weighted by Crippen LogP contribution is 2.43. The fourth-order valence-electron chi connectivity index (χ4n) is 9.59. The van der Waals surface area contributed by atoms with Crippen molar-refractivity contribution in [2.24, 2.45) is 11.8 Å². The molecule has 0 unspecified atom stereocenters. The van der Waals surface area contributed by atoms with E-state index in [9.17, 15) is 19.2 Å². The number of halogens is 2. The minimum atomic E-state index is -0.569. The summed E-state index contributed by atoms with van der Waals surface area (Å²) >= 11 is 12.2. The van der Waals surface area contributed by atoms with Gasteiger partial charge in [0, 0.05) is 36.1 Å². The Kier molecular flexibility index (Phi) is 14.4. The number of ether oxygens (including phenoxy) is 4. The number of hydrogen-bond acceptors (Lipinski definition) is 8. The first kappa shape index (κ1) is 45.3. The van der Waals surface area contributed by atoms with Gasteiger partial charge in [-0.25, -0.2) is 19.4 Å². The largest absolute Gasteiger partial charge is 0.446 e. The van der Waals surface area contributed by atoms with Crippen LogP contribution >= 0.6 is 23.2 Å². The quantitative estimate of drug-likeness (QED) is 0.155. The predicted octanol–water partition coefficient (Wildman–Crippen LogP) is 11.5. The maximum Gasteiger partial charge on any atom is 0.417 e. The number of nitrogens with zero attached hydrogens (tertiary/aromatic N) is 2. The summed E-state index contributed by atoms with van der Waals surface area (Å²) in [6.45, 7) is 10.0. The fraction of sp³-hybridized carbons (Fsp3) is 0.440. The molecule has 12 heteroatoms. The van der Waals surface area contributed by atoms with Gasteiger partial charge in [-0.1, -0.05) is 108 Å². The third kappa shape index (κ3) is 11.1. The van der Waals surface area contributed by atoms with Crippen molar-refractivity contribution < 1.29 is 38.1 Å². The van der Waals surface area contributed by atoms with Crippen molar-refractivity contribution in [2.45, 2.75) is 101 Å². The summed E-state index contributed by atoms with van der Waals surface area (Å²) in [5, 5.41) is 1.32. The smallest absolute Gasteiger partial charge is 0.417 e. The van der Waals surface area contributed by atoms with Crippen LogP contribution in [0.5, 0.6) is 0 Å². The zero-order chi connectivity index (χ0) is 44.0. The maximum atomic E-state index is 13.5. The van der Waals surface area contributed by atoms with Gasteiger partial charge in [0.15, 0.2) is 0 Å². The number of carbonyl (C=O) groups is 4. The minimum absolute atomic E-state index is 0.0298. The average Bonchev–Trinajstić information content (AvgIpc) is 3.85. The lowest BCUT2D eigenvalue weighted by molar-refractivity contribution is -0.131. The number of carbonyl (C=O) groups excluding carboxylic acids is 4. The molecular weight excluding hydrogens is 827 g/mol. The molecule has 4 fully saturated rings. The Balaban J connectivity index is 0.000000186. The molecule has 0 saturated carbocycles. The molecule has 0 aliphatic carbocycles. The van der Waals surface area contributed by atoms with Crippen molar-refractivity contribution >= 4 is 47.2 Å². The Morgan fingerprint density at radius 2 is 0.935 bits per heavy atom. The minimum Gasteiger partial charge on any atom is -0.446 e. The van der Waals surface area contributed by atoms with Gasteiger partial charge in [0.2, 0.25) is 11.8 Å². The van der Waals surface area contributed by atoms with Crippen molar-refractivity contribution in [3.05, 3.63) is 141 Å². The second-order valence-corrected chi connectivity index (χ2v) is 18.9. The lowest BCUT2D eigenvalue weighted by atomic mass is 9.75. The van der Waals surface area contributed by atoms with Crippen LogP contribution in [-0.2, 0) is 28.5 Å². The normalized spacial score (nSPS) is 24.0. The molecule has 328 valence electrons. The van der Waals surface area contributed by atoms with Gasteiger partial charge in [-0.15, -0.1) is 0 Å². The van der Waals surface area contributed by atoms with E-state index in [1.165, 1.54) is 9.80 Å². The molecule has 4 heterocycles. The van der Waals surface area contributed by atoms with Crippen LogP contribution < -0.4 is 0 Å². The van der Waals surface area contributed by atoms with E-state index in [1.807, 2.05) is 109 Å². The highest BCUT2D eigenvalue weighted by Gasteiger charge is 2.43. The summed E-state index contributed by atoms with van der Waals surface area (Å²) in [6.07, 6.45) is 2.77. The zero-order valence-electron chi connectivity index (χ0n) is 35.8. The van der Waals surface area contributed by atoms with Crippen LogP contribution in [0.25, 0.3) is 0 Å². The summed E-state index contributed by atoms with van der Waals surface area (Å²) in [6, 6.07) is 33.7. The molecule has 4 aliphatic heterocycles. The van der Waals surface area contributed by atoms with E-state index < -0.39 is 24.3 Å². The van der Waals surface area contributed by atoms with Gasteiger partial charge in [0.05, 0.1) is 11.2 Å². The number of amides is 4. The summed E-state index contributed by atoms with van der Waals surface area (Å²) in [5.41, 5.74) is 3.44. The third-order valence-electron chi connectivity index (χ3n) is 12.6. The number of hydrogen-bond donors (Lipinski definition) is 0. The van der Waals surface area contributed by atoms with Crippen LogP contribution in [-0.4, -0.2) is 71.4 Å². The van der Waals surface area contributed by atoms with E-state index in [0.29, 0.717) is 23.3 Å². The molecular formula is C50H56Cl2N2O8. The summed E-state index contributed by atoms with van der Waals surface area (Å²) in [7, 11) is 0. The van der Waals surface area contributed by atoms with Crippen LogP contribution in [0, 0.1) is 11.8 Å². The summed E-state index contributed by atoms with van der Waals surface area (Å²) < 4.78 is 22.3. The summed E-state index contributed by atoms with van der Waals surface area (Å²) in [5.74, 6) is 0.0575. The standard InChI is InChI=1S/2C25H28ClNO4/c2*1-25(2)15-19(12-13-31-25)21(17-8-10-20(26)11-9-17)14-23(28)27-22(16-30-24(27)29)18-6-4-3-5-7-18/h2*3-11,19,21-22H,12-16H2,1-2H3/t19-,21+,22+;19-,21-,22-/m10/s1. The molecule has 0 aromatic heterocycles. The van der Waals surface area contributed by atoms with E-state index in [-0.39, 0.29) is 72.7 Å². The number of cyclic esters (lactones) is 2. The van der Waals surface area contributed by atoms with Gasteiger partial charge >= 0.3 is 12.2 Å². The Morgan fingerprint density at radius 3 is 1.27 bits per heavy atom. The number of benzene rings is 4. The monoisotopic (exact) mass is 882 g/mol. The van der Waals surface area contributed by atoms with Crippen molar-refractivity contribution in [3.63, 3.8) is 0 Å². The van der Waals surface area contributed by atoms with E-state index in [1.54, 1.807) is 0 Å². The van der Waals surface area contributed by atoms with Gasteiger partial charge in [-0.05, 0) is 124 Å². The predicted molar refractivity (Wildman–Crippen MR) is 238 cm³/mol. The van der Waals surface area contributed by atoms with E-state index >= 15 is 0 Å². The molecule has 4 aromatic rings. The van der Waals surface area contributed by atoms with E-state index in [2.05, 4.69) is 27.7 Å². The van der Waals surface area contributed by atoms with Crippen LogP contribution in [0.2, 0.25) is 10.0 Å². The van der Waals surface area contributed by atoms with Crippen LogP contribution in [0.1, 0.15) is 112 Å². The first-order valence-corrected chi connectivity index (χ1v) is 22.3. The maximum absolute atomic E-state index is 13.5. The second kappa shape index (κ2) is 19.8. The van der Waals surface area contributed by atoms with Crippen molar-refractivity contribution in [1.82, 2.24) is 9.80 Å². The van der Waals surface area contributed by atoms with E-state index in [4.69, 9.17) is 42.1 Å². The van der Waals surface area contributed by atoms with Crippen LogP contribution in [0.3, 0.4) is 0 Å². The Labute approximate surface area is 374 Å². The second-order valence-electron chi connectivity index (χ2n) is 18.0. The van der Waals surface area contributed by atoms with Crippen molar-refractivity contribution in [2.75, 3.05) is 26.4 Å². The highest BCUT2D eigenvalue weighted by atomic mass is 35.5. The number of imide groups is 2. The molecule has 0 spiro atoms. The van der Waals surface area contributed by atoms with Crippen LogP contribution in [0.15, 0.2) is 109 Å². The topological polar surface area (TPSA) is 112 Å². The number of rotatable bonds is 10. The molecule has 0 radical (unpaired) electrons. The fourth-order valence-corrected chi connectivity index (χ4v) is 9.84. The molecule has 62 heavy (non-hydrogen) atoms. The van der Waals surface area contributed by atoms with E-state index in [0.717, 1.165) is 47.9 Å². The molecule has 0 bridgehead atoms. The zero-order valence-corrected chi connectivity index (χ0v) is 37.4. The van der Waals surface area contributed by atoms with Gasteiger partial charge in [0.1, 0.15) is 25.3 Å². The first-order chi connectivity index (χ1) is 29.7. The average molecular weight is 884 g/mol. The lowest BCUT2D eigenvalue weighted by Gasteiger charge is -2.39. The molecule has 10 nitrogen and oxygen atoms in total. The molecule has 4 amide bonds. The molecule has 8 rings (SSSR count). The Hall–Kier alpha value is -4.74. The van der Waals surface area contributed by atoms with Gasteiger partial charge in [0.25, 0.3) is 0 Å². The molecule has 4 saturated heterocycles. The van der Waals surface area contributed by atoms with Crippen molar-refractivity contribution in [1.29, 1.82) is 0 Å². The SMILES string of the molecule is CC1(C)C[C@@H]([C@@H](CC(=O)N2C(=O)OC[C@H]2c2ccccc2)c2ccc(Cl)cc2)CCO1.CC1(C)C[C@H]([C@@H](CC(=O)N2C(=O)OC[C@H]2c2ccccc2)c2ccc(Cl)cc2)CCO1. The van der Waals surface area contributed by atoms with Gasteiger partial charge in [-0.3, -0.25) is 9.59 Å². The van der Waals surface area contributed by atoms with Crippen molar-refractivity contribution in [3.8, 4) is 0 Å². The third-order valence-corrected chi connectivity index (χ3v) is 13.2. The molecule has 4 aliphatic rings.